The summed E-state index contributed by atoms with van der Waals surface area (Å²) < 4.78 is 8.63. The molecular weight excluding hydrogens is 442 g/mol. The molecule has 4 aromatic rings. The highest BCUT2D eigenvalue weighted by molar-refractivity contribution is 5.84. The van der Waals surface area contributed by atoms with E-state index < -0.39 is 11.6 Å². The molecule has 0 unspecified atom stereocenters. The summed E-state index contributed by atoms with van der Waals surface area (Å²) in [7, 11) is 0. The molecule has 8 heteroatoms. The van der Waals surface area contributed by atoms with Crippen LogP contribution >= 0.6 is 0 Å². The number of carbonyl (C=O) groups is 1. The van der Waals surface area contributed by atoms with E-state index in [0.717, 1.165) is 28.3 Å². The van der Waals surface area contributed by atoms with Crippen LogP contribution in [0.25, 0.3) is 16.6 Å². The van der Waals surface area contributed by atoms with Gasteiger partial charge in [0.2, 0.25) is 5.91 Å². The predicted octanol–water partition coefficient (Wildman–Crippen LogP) is 4.17. The molecule has 2 heterocycles. The van der Waals surface area contributed by atoms with Crippen LogP contribution < -0.4 is 15.6 Å². The van der Waals surface area contributed by atoms with E-state index >= 15 is 0 Å². The lowest BCUT2D eigenvalue weighted by Gasteiger charge is -2.15. The number of aryl methyl sites for hydroxylation is 3. The first-order valence-corrected chi connectivity index (χ1v) is 11.7. The summed E-state index contributed by atoms with van der Waals surface area (Å²) in [5.41, 5.74) is 4.33. The molecule has 8 nitrogen and oxygen atoms in total. The number of fused-ring (bicyclic) bond motifs is 1. The number of carbonyl (C=O) groups excluding carboxylic acids is 1. The maximum Gasteiger partial charge on any atom is 0.295 e. The van der Waals surface area contributed by atoms with Crippen LogP contribution in [0.3, 0.4) is 0 Å². The van der Waals surface area contributed by atoms with Gasteiger partial charge in [0.05, 0.1) is 28.6 Å². The molecule has 4 rings (SSSR count). The van der Waals surface area contributed by atoms with E-state index in [1.54, 1.807) is 11.6 Å². The molecule has 2 aromatic carbocycles. The number of nitrogens with one attached hydrogen (secondary N) is 1. The van der Waals surface area contributed by atoms with Gasteiger partial charge in [0.1, 0.15) is 11.8 Å². The molecule has 0 bridgehead atoms. The van der Waals surface area contributed by atoms with Crippen LogP contribution in [-0.2, 0) is 11.3 Å². The summed E-state index contributed by atoms with van der Waals surface area (Å²) in [5, 5.41) is 12.7. The fraction of sp³-hybridized carbons (Fsp3) is 0.333. The van der Waals surface area contributed by atoms with Crippen molar-refractivity contribution < 1.29 is 9.53 Å². The molecule has 1 atom stereocenters. The Balaban J connectivity index is 1.57. The molecule has 1 amide bonds. The maximum absolute atomic E-state index is 13.3. The Hall–Kier alpha value is -3.94. The zero-order valence-electron chi connectivity index (χ0n) is 21.0. The van der Waals surface area contributed by atoms with Gasteiger partial charge in [-0.1, -0.05) is 29.8 Å². The summed E-state index contributed by atoms with van der Waals surface area (Å²) in [6, 6.07) is 14.7. The van der Waals surface area contributed by atoms with Crippen LogP contribution in [0.1, 0.15) is 49.3 Å². The molecule has 0 aliphatic heterocycles. The van der Waals surface area contributed by atoms with Gasteiger partial charge in [-0.3, -0.25) is 9.59 Å². The van der Waals surface area contributed by atoms with Gasteiger partial charge in [-0.05, 0) is 71.4 Å². The lowest BCUT2D eigenvalue weighted by Crippen LogP contribution is -2.37. The normalized spacial score (nSPS) is 12.2. The van der Waals surface area contributed by atoms with Gasteiger partial charge in [0.15, 0.2) is 5.52 Å². The molecule has 1 N–H and O–H groups in total. The van der Waals surface area contributed by atoms with Crippen molar-refractivity contribution in [1.29, 1.82) is 0 Å². The van der Waals surface area contributed by atoms with Crippen LogP contribution in [0.4, 0.5) is 0 Å². The minimum Gasteiger partial charge on any atom is -0.491 e. The van der Waals surface area contributed by atoms with Crippen LogP contribution in [0.15, 0.2) is 53.3 Å². The Morgan fingerprint density at radius 2 is 1.63 bits per heavy atom. The maximum atomic E-state index is 13.3. The SMILES string of the molecule is Cc1ccc(-n2nc3c(=O)n([C@@H](C)C(=O)NCc4ccc(OC(C)C)cc4)nc(C)c3c2C)cc1. The second kappa shape index (κ2) is 9.74. The van der Waals surface area contributed by atoms with Gasteiger partial charge < -0.3 is 10.1 Å². The molecule has 0 spiro atoms. The van der Waals surface area contributed by atoms with Gasteiger partial charge in [-0.15, -0.1) is 0 Å². The number of ether oxygens (including phenoxy) is 1. The fourth-order valence-electron chi connectivity index (χ4n) is 4.06. The first-order chi connectivity index (χ1) is 16.7. The summed E-state index contributed by atoms with van der Waals surface area (Å²) in [6.45, 7) is 11.7. The smallest absolute Gasteiger partial charge is 0.295 e. The average molecular weight is 474 g/mol. The summed E-state index contributed by atoms with van der Waals surface area (Å²) in [4.78, 5) is 26.2. The third-order valence-corrected chi connectivity index (χ3v) is 5.93. The minimum absolute atomic E-state index is 0.0973. The van der Waals surface area contributed by atoms with Crippen molar-refractivity contribution in [3.63, 3.8) is 0 Å². The first-order valence-electron chi connectivity index (χ1n) is 11.7. The van der Waals surface area contributed by atoms with E-state index in [4.69, 9.17) is 4.74 Å². The number of aromatic nitrogens is 4. The van der Waals surface area contributed by atoms with E-state index in [1.807, 2.05) is 83.1 Å². The molecule has 0 saturated heterocycles. The van der Waals surface area contributed by atoms with E-state index in [2.05, 4.69) is 15.5 Å². The van der Waals surface area contributed by atoms with E-state index in [1.165, 1.54) is 4.68 Å². The topological polar surface area (TPSA) is 91.0 Å². The number of nitrogens with zero attached hydrogens (tertiary/aromatic N) is 4. The lowest BCUT2D eigenvalue weighted by atomic mass is 10.2. The third-order valence-electron chi connectivity index (χ3n) is 5.93. The Kier molecular flexibility index (Phi) is 6.73. The first kappa shape index (κ1) is 24.2. The summed E-state index contributed by atoms with van der Waals surface area (Å²) in [6.07, 6.45) is 0.0973. The lowest BCUT2D eigenvalue weighted by molar-refractivity contribution is -0.124. The van der Waals surface area contributed by atoms with Gasteiger partial charge in [-0.2, -0.15) is 10.2 Å². The largest absolute Gasteiger partial charge is 0.491 e. The molecular formula is C27H31N5O3. The molecule has 0 fully saturated rings. The predicted molar refractivity (Wildman–Crippen MR) is 136 cm³/mol. The minimum atomic E-state index is -0.793. The monoisotopic (exact) mass is 473 g/mol. The van der Waals surface area contributed by atoms with E-state index in [-0.39, 0.29) is 12.0 Å². The second-order valence-electron chi connectivity index (χ2n) is 9.10. The summed E-state index contributed by atoms with van der Waals surface area (Å²) >= 11 is 0. The van der Waals surface area contributed by atoms with E-state index in [9.17, 15) is 9.59 Å². The Morgan fingerprint density at radius 1 is 0.971 bits per heavy atom. The number of hydrogen-bond acceptors (Lipinski definition) is 5. The van der Waals surface area contributed by atoms with Crippen molar-refractivity contribution in [1.82, 2.24) is 24.9 Å². The fourth-order valence-corrected chi connectivity index (χ4v) is 4.06. The van der Waals surface area contributed by atoms with Gasteiger partial charge in [0, 0.05) is 6.54 Å². The molecule has 182 valence electrons. The highest BCUT2D eigenvalue weighted by Gasteiger charge is 2.23. The number of amides is 1. The zero-order valence-corrected chi connectivity index (χ0v) is 21.0. The Bertz CT molecular complexity index is 1420. The van der Waals surface area contributed by atoms with Crippen LogP contribution in [0, 0.1) is 20.8 Å². The van der Waals surface area contributed by atoms with Crippen LogP contribution in [0.5, 0.6) is 5.75 Å². The number of rotatable bonds is 7. The van der Waals surface area contributed by atoms with Gasteiger partial charge in [0.25, 0.3) is 5.56 Å². The van der Waals surface area contributed by atoms with Crippen molar-refractivity contribution in [3.8, 4) is 11.4 Å². The van der Waals surface area contributed by atoms with Crippen LogP contribution in [0.2, 0.25) is 0 Å². The zero-order chi connectivity index (χ0) is 25.3. The third kappa shape index (κ3) is 4.96. The standard InChI is InChI=1S/C27H31N5O3/c1-16(2)35-23-13-9-21(10-14-23)15-28-26(33)20(6)32-27(34)25-24(18(4)29-32)19(5)31(30-25)22-11-7-17(3)8-12-22/h7-14,16,20H,15H2,1-6H3,(H,28,33)/t20-/m0/s1. The van der Waals surface area contributed by atoms with E-state index in [0.29, 0.717) is 23.1 Å². The number of hydrogen-bond donors (Lipinski definition) is 1. The quantitative estimate of drug-likeness (QED) is 0.435. The molecule has 0 saturated carbocycles. The Labute approximate surface area is 204 Å². The Morgan fingerprint density at radius 3 is 2.26 bits per heavy atom. The van der Waals surface area contributed by atoms with Crippen molar-refractivity contribution in [2.45, 2.75) is 60.2 Å². The highest BCUT2D eigenvalue weighted by atomic mass is 16.5. The van der Waals surface area contributed by atoms with Crippen molar-refractivity contribution >= 4 is 16.8 Å². The highest BCUT2D eigenvalue weighted by Crippen LogP contribution is 2.22. The van der Waals surface area contributed by atoms with Crippen molar-refractivity contribution in [2.75, 3.05) is 0 Å². The molecule has 35 heavy (non-hydrogen) atoms. The second-order valence-corrected chi connectivity index (χ2v) is 9.10. The molecule has 0 aliphatic carbocycles. The average Bonchev–Trinajstić information content (AvgIpc) is 3.18. The molecule has 0 aliphatic rings. The van der Waals surface area contributed by atoms with Gasteiger partial charge >= 0.3 is 0 Å². The number of benzene rings is 2. The molecule has 2 aromatic heterocycles. The molecule has 0 radical (unpaired) electrons. The summed E-state index contributed by atoms with van der Waals surface area (Å²) in [5.74, 6) is 0.485. The van der Waals surface area contributed by atoms with Crippen molar-refractivity contribution in [2.24, 2.45) is 0 Å². The van der Waals surface area contributed by atoms with Crippen LogP contribution in [-0.4, -0.2) is 31.6 Å². The van der Waals surface area contributed by atoms with Gasteiger partial charge in [-0.25, -0.2) is 9.36 Å². The van der Waals surface area contributed by atoms with Crippen molar-refractivity contribution in [3.05, 3.63) is 81.4 Å².